The molecule has 0 atom stereocenters. The van der Waals surface area contributed by atoms with Gasteiger partial charge >= 0.3 is 5.97 Å². The van der Waals surface area contributed by atoms with Gasteiger partial charge in [0.1, 0.15) is 0 Å². The second kappa shape index (κ2) is 11.1. The van der Waals surface area contributed by atoms with E-state index in [9.17, 15) is 9.59 Å². The molecule has 18 heavy (non-hydrogen) atoms. The van der Waals surface area contributed by atoms with Crippen LogP contribution in [0.1, 0.15) is 59.3 Å². The van der Waals surface area contributed by atoms with Gasteiger partial charge in [-0.15, -0.1) is 0 Å². The number of amides is 1. The number of ether oxygens (including phenoxy) is 1. The predicted octanol–water partition coefficient (Wildman–Crippen LogP) is 2.76. The summed E-state index contributed by atoms with van der Waals surface area (Å²) in [6, 6.07) is 0. The molecule has 0 aliphatic heterocycles. The third-order valence-corrected chi connectivity index (χ3v) is 2.83. The van der Waals surface area contributed by atoms with Gasteiger partial charge in [0.2, 0.25) is 5.91 Å². The maximum Gasteiger partial charge on any atom is 0.307 e. The molecular weight excluding hydrogens is 230 g/mol. The molecule has 0 N–H and O–H groups in total. The van der Waals surface area contributed by atoms with E-state index in [-0.39, 0.29) is 11.9 Å². The van der Waals surface area contributed by atoms with E-state index in [2.05, 4.69) is 6.92 Å². The average molecular weight is 257 g/mol. The van der Waals surface area contributed by atoms with Crippen molar-refractivity contribution < 1.29 is 14.3 Å². The molecular formula is C14H27NO3. The maximum absolute atomic E-state index is 11.7. The summed E-state index contributed by atoms with van der Waals surface area (Å²) in [5.74, 6) is -0.101. The average Bonchev–Trinajstić information content (AvgIpc) is 2.37. The molecule has 0 aromatic heterocycles. The number of nitrogens with zero attached hydrogens (tertiary/aromatic N) is 1. The van der Waals surface area contributed by atoms with E-state index in [1.807, 2.05) is 6.92 Å². The second-order valence-electron chi connectivity index (χ2n) is 4.35. The highest BCUT2D eigenvalue weighted by Gasteiger charge is 2.13. The van der Waals surface area contributed by atoms with Crippen LogP contribution in [0, 0.1) is 0 Å². The van der Waals surface area contributed by atoms with Crippen LogP contribution in [0.5, 0.6) is 0 Å². The van der Waals surface area contributed by atoms with Crippen LogP contribution in [0.4, 0.5) is 0 Å². The molecule has 0 aliphatic carbocycles. The van der Waals surface area contributed by atoms with E-state index >= 15 is 0 Å². The van der Waals surface area contributed by atoms with Crippen molar-refractivity contribution >= 4 is 11.9 Å². The minimum atomic E-state index is -0.222. The molecule has 0 aromatic rings. The zero-order chi connectivity index (χ0) is 13.8. The van der Waals surface area contributed by atoms with Crippen molar-refractivity contribution in [1.82, 2.24) is 4.90 Å². The SMILES string of the molecule is CCCCCCN(CCC(=O)OCC)C(=O)CC. The highest BCUT2D eigenvalue weighted by molar-refractivity contribution is 5.77. The zero-order valence-corrected chi connectivity index (χ0v) is 12.0. The van der Waals surface area contributed by atoms with Crippen molar-refractivity contribution in [3.63, 3.8) is 0 Å². The van der Waals surface area contributed by atoms with Gasteiger partial charge in [-0.3, -0.25) is 9.59 Å². The van der Waals surface area contributed by atoms with E-state index in [1.54, 1.807) is 11.8 Å². The fourth-order valence-corrected chi connectivity index (χ4v) is 1.77. The van der Waals surface area contributed by atoms with Crippen LogP contribution in [0.15, 0.2) is 0 Å². The summed E-state index contributed by atoms with van der Waals surface area (Å²) in [5, 5.41) is 0. The summed E-state index contributed by atoms with van der Waals surface area (Å²) in [7, 11) is 0. The fourth-order valence-electron chi connectivity index (χ4n) is 1.77. The zero-order valence-electron chi connectivity index (χ0n) is 12.0. The van der Waals surface area contributed by atoms with E-state index in [1.165, 1.54) is 12.8 Å². The van der Waals surface area contributed by atoms with Crippen molar-refractivity contribution in [1.29, 1.82) is 0 Å². The van der Waals surface area contributed by atoms with Crippen molar-refractivity contribution in [2.24, 2.45) is 0 Å². The highest BCUT2D eigenvalue weighted by atomic mass is 16.5. The van der Waals surface area contributed by atoms with Crippen LogP contribution in [0.3, 0.4) is 0 Å². The number of carbonyl (C=O) groups excluding carboxylic acids is 2. The summed E-state index contributed by atoms with van der Waals surface area (Å²) in [6.07, 6.45) is 5.34. The Morgan fingerprint density at radius 2 is 1.72 bits per heavy atom. The Labute approximate surface area is 111 Å². The molecule has 0 saturated heterocycles. The van der Waals surface area contributed by atoms with Gasteiger partial charge in [0, 0.05) is 19.5 Å². The molecule has 4 heteroatoms. The lowest BCUT2D eigenvalue weighted by Gasteiger charge is -2.21. The van der Waals surface area contributed by atoms with E-state index < -0.39 is 0 Å². The number of carbonyl (C=O) groups is 2. The standard InChI is InChI=1S/C14H27NO3/c1-4-7-8-9-11-15(13(16)5-2)12-10-14(17)18-6-3/h4-12H2,1-3H3. The monoisotopic (exact) mass is 257 g/mol. The number of unbranched alkanes of at least 4 members (excludes halogenated alkanes) is 3. The van der Waals surface area contributed by atoms with Crippen LogP contribution in [0.25, 0.3) is 0 Å². The van der Waals surface area contributed by atoms with Crippen LogP contribution in [-0.4, -0.2) is 36.5 Å². The largest absolute Gasteiger partial charge is 0.466 e. The first-order valence-electron chi connectivity index (χ1n) is 7.09. The van der Waals surface area contributed by atoms with E-state index in [0.717, 1.165) is 19.4 Å². The number of rotatable bonds is 10. The lowest BCUT2D eigenvalue weighted by Crippen LogP contribution is -2.33. The highest BCUT2D eigenvalue weighted by Crippen LogP contribution is 2.04. The van der Waals surface area contributed by atoms with Crippen molar-refractivity contribution in [2.45, 2.75) is 59.3 Å². The molecule has 0 bridgehead atoms. The number of hydrogen-bond donors (Lipinski definition) is 0. The molecule has 0 aliphatic rings. The molecule has 0 unspecified atom stereocenters. The van der Waals surface area contributed by atoms with Crippen molar-refractivity contribution in [3.05, 3.63) is 0 Å². The summed E-state index contributed by atoms with van der Waals surface area (Å²) in [5.41, 5.74) is 0. The normalized spacial score (nSPS) is 10.2. The first kappa shape index (κ1) is 16.9. The Morgan fingerprint density at radius 1 is 1.00 bits per heavy atom. The first-order valence-corrected chi connectivity index (χ1v) is 7.09. The van der Waals surface area contributed by atoms with Gasteiger partial charge in [0.05, 0.1) is 13.0 Å². The number of esters is 1. The molecule has 0 aromatic carbocycles. The molecule has 0 rings (SSSR count). The van der Waals surface area contributed by atoms with Crippen LogP contribution in [-0.2, 0) is 14.3 Å². The van der Waals surface area contributed by atoms with Gasteiger partial charge in [-0.25, -0.2) is 0 Å². The molecule has 0 heterocycles. The van der Waals surface area contributed by atoms with Gasteiger partial charge in [-0.05, 0) is 13.3 Å². The number of hydrogen-bond acceptors (Lipinski definition) is 3. The van der Waals surface area contributed by atoms with Crippen molar-refractivity contribution in [2.75, 3.05) is 19.7 Å². The molecule has 0 fully saturated rings. The molecule has 0 saturated carbocycles. The van der Waals surface area contributed by atoms with E-state index in [4.69, 9.17) is 4.74 Å². The Kier molecular flexibility index (Phi) is 10.4. The molecule has 1 amide bonds. The smallest absolute Gasteiger partial charge is 0.307 e. The topological polar surface area (TPSA) is 46.6 Å². The quantitative estimate of drug-likeness (QED) is 0.446. The van der Waals surface area contributed by atoms with Gasteiger partial charge in [-0.2, -0.15) is 0 Å². The molecule has 106 valence electrons. The van der Waals surface area contributed by atoms with Crippen LogP contribution in [0.2, 0.25) is 0 Å². The molecule has 0 radical (unpaired) electrons. The van der Waals surface area contributed by atoms with Crippen molar-refractivity contribution in [3.8, 4) is 0 Å². The lowest BCUT2D eigenvalue weighted by molar-refractivity contribution is -0.144. The minimum Gasteiger partial charge on any atom is -0.466 e. The summed E-state index contributed by atoms with van der Waals surface area (Å²) >= 11 is 0. The Hall–Kier alpha value is -1.06. The Morgan fingerprint density at radius 3 is 2.28 bits per heavy atom. The van der Waals surface area contributed by atoms with Gasteiger partial charge in [0.25, 0.3) is 0 Å². The third kappa shape index (κ3) is 8.09. The maximum atomic E-state index is 11.7. The minimum absolute atomic E-state index is 0.121. The van der Waals surface area contributed by atoms with E-state index in [0.29, 0.717) is 26.0 Å². The molecule has 0 spiro atoms. The van der Waals surface area contributed by atoms with Gasteiger partial charge in [-0.1, -0.05) is 33.1 Å². The predicted molar refractivity (Wildman–Crippen MR) is 72.3 cm³/mol. The fraction of sp³-hybridized carbons (Fsp3) is 0.857. The van der Waals surface area contributed by atoms with Crippen LogP contribution < -0.4 is 0 Å². The first-order chi connectivity index (χ1) is 8.65. The third-order valence-electron chi connectivity index (χ3n) is 2.83. The Balaban J connectivity index is 3.99. The van der Waals surface area contributed by atoms with Gasteiger partial charge < -0.3 is 9.64 Å². The van der Waals surface area contributed by atoms with Gasteiger partial charge in [0.15, 0.2) is 0 Å². The summed E-state index contributed by atoms with van der Waals surface area (Å²) in [6.45, 7) is 7.44. The lowest BCUT2D eigenvalue weighted by atomic mass is 10.2. The second-order valence-corrected chi connectivity index (χ2v) is 4.35. The summed E-state index contributed by atoms with van der Waals surface area (Å²) < 4.78 is 4.87. The van der Waals surface area contributed by atoms with Crippen LogP contribution >= 0.6 is 0 Å². The molecule has 4 nitrogen and oxygen atoms in total. The Bertz CT molecular complexity index is 241. The summed E-state index contributed by atoms with van der Waals surface area (Å²) in [4.78, 5) is 24.8.